The fourth-order valence-electron chi connectivity index (χ4n) is 2.33. The second kappa shape index (κ2) is 5.33. The maximum absolute atomic E-state index is 12.5. The average molecular weight is 326 g/mol. The number of ether oxygens (including phenoxy) is 1. The first kappa shape index (κ1) is 14.1. The molecule has 1 aliphatic carbocycles. The molecule has 0 heterocycles. The van der Waals surface area contributed by atoms with Crippen molar-refractivity contribution >= 4 is 33.5 Å². The molecule has 0 radical (unpaired) electrons. The summed E-state index contributed by atoms with van der Waals surface area (Å²) in [5.74, 6) is -0.611. The summed E-state index contributed by atoms with van der Waals surface area (Å²) in [5, 5.41) is 0. The Kier molecular flexibility index (Phi) is 3.94. The van der Waals surface area contributed by atoms with E-state index in [4.69, 9.17) is 4.74 Å². The van der Waals surface area contributed by atoms with Gasteiger partial charge >= 0.3 is 5.97 Å². The molecule has 1 aromatic rings. The first-order valence-corrected chi connectivity index (χ1v) is 6.93. The monoisotopic (exact) mass is 325 g/mol. The molecule has 1 aromatic carbocycles. The van der Waals surface area contributed by atoms with Crippen LogP contribution in [0, 0.1) is 5.41 Å². The molecule has 1 fully saturated rings. The SMILES string of the molecule is COC(=O)C1(C(=O)N(C)c2ccc(Br)cc2)CCC1. The number of anilines is 1. The summed E-state index contributed by atoms with van der Waals surface area (Å²) in [6.07, 6.45) is 2.02. The average Bonchev–Trinajstić information content (AvgIpc) is 2.37. The molecular formula is C14H16BrNO3. The van der Waals surface area contributed by atoms with Crippen molar-refractivity contribution in [2.75, 3.05) is 19.1 Å². The lowest BCUT2D eigenvalue weighted by molar-refractivity contribution is -0.163. The van der Waals surface area contributed by atoms with E-state index in [1.54, 1.807) is 7.05 Å². The molecule has 102 valence electrons. The molecule has 5 heteroatoms. The topological polar surface area (TPSA) is 46.6 Å². The van der Waals surface area contributed by atoms with E-state index in [9.17, 15) is 9.59 Å². The van der Waals surface area contributed by atoms with Gasteiger partial charge in [0.2, 0.25) is 5.91 Å². The van der Waals surface area contributed by atoms with Crippen molar-refractivity contribution in [1.82, 2.24) is 0 Å². The van der Waals surface area contributed by atoms with Crippen LogP contribution in [0.3, 0.4) is 0 Å². The lowest BCUT2D eigenvalue weighted by Crippen LogP contribution is -2.52. The van der Waals surface area contributed by atoms with E-state index in [1.807, 2.05) is 24.3 Å². The van der Waals surface area contributed by atoms with Gasteiger partial charge in [0, 0.05) is 17.2 Å². The molecular weight excluding hydrogens is 310 g/mol. The number of carbonyl (C=O) groups excluding carboxylic acids is 2. The number of hydrogen-bond acceptors (Lipinski definition) is 3. The van der Waals surface area contributed by atoms with Crippen molar-refractivity contribution in [3.05, 3.63) is 28.7 Å². The molecule has 19 heavy (non-hydrogen) atoms. The Bertz CT molecular complexity index is 494. The van der Waals surface area contributed by atoms with E-state index >= 15 is 0 Å². The summed E-state index contributed by atoms with van der Waals surface area (Å²) in [5.41, 5.74) is -0.209. The minimum absolute atomic E-state index is 0.187. The number of benzene rings is 1. The zero-order chi connectivity index (χ0) is 14.0. The number of esters is 1. The van der Waals surface area contributed by atoms with Crippen LogP contribution in [0.4, 0.5) is 5.69 Å². The van der Waals surface area contributed by atoms with Crippen molar-refractivity contribution in [3.63, 3.8) is 0 Å². The van der Waals surface area contributed by atoms with Gasteiger partial charge in [0.25, 0.3) is 0 Å². The Morgan fingerprint density at radius 2 is 1.84 bits per heavy atom. The maximum Gasteiger partial charge on any atom is 0.321 e. The summed E-state index contributed by atoms with van der Waals surface area (Å²) in [4.78, 5) is 25.9. The van der Waals surface area contributed by atoms with Gasteiger partial charge in [-0.2, -0.15) is 0 Å². The van der Waals surface area contributed by atoms with E-state index < -0.39 is 11.4 Å². The van der Waals surface area contributed by atoms with Crippen molar-refractivity contribution in [3.8, 4) is 0 Å². The van der Waals surface area contributed by atoms with Gasteiger partial charge in [-0.05, 0) is 37.1 Å². The summed E-state index contributed by atoms with van der Waals surface area (Å²) in [6, 6.07) is 7.41. The van der Waals surface area contributed by atoms with Crippen LogP contribution < -0.4 is 4.90 Å². The molecule has 0 atom stereocenters. The summed E-state index contributed by atoms with van der Waals surface area (Å²) in [7, 11) is 3.02. The molecule has 4 nitrogen and oxygen atoms in total. The molecule has 0 saturated heterocycles. The van der Waals surface area contributed by atoms with Gasteiger partial charge in [0.1, 0.15) is 5.41 Å². The van der Waals surface area contributed by atoms with Crippen LogP contribution >= 0.6 is 15.9 Å². The quantitative estimate of drug-likeness (QED) is 0.634. The minimum Gasteiger partial charge on any atom is -0.468 e. The third-order valence-electron chi connectivity index (χ3n) is 3.71. The molecule has 2 rings (SSSR count). The molecule has 0 aliphatic heterocycles. The molecule has 1 saturated carbocycles. The lowest BCUT2D eigenvalue weighted by Gasteiger charge is -2.39. The van der Waals surface area contributed by atoms with Gasteiger partial charge in [-0.25, -0.2) is 0 Å². The number of hydrogen-bond donors (Lipinski definition) is 0. The highest BCUT2D eigenvalue weighted by atomic mass is 79.9. The summed E-state index contributed by atoms with van der Waals surface area (Å²) in [6.45, 7) is 0. The third kappa shape index (κ3) is 2.39. The van der Waals surface area contributed by atoms with Crippen LogP contribution in [0.25, 0.3) is 0 Å². The number of rotatable bonds is 3. The van der Waals surface area contributed by atoms with Crippen molar-refractivity contribution in [2.24, 2.45) is 5.41 Å². The standard InChI is InChI=1S/C14H16BrNO3/c1-16(11-6-4-10(15)5-7-11)12(17)14(8-3-9-14)13(18)19-2/h4-7H,3,8-9H2,1-2H3. The second-order valence-corrected chi connectivity index (χ2v) is 5.68. The Balaban J connectivity index is 2.23. The van der Waals surface area contributed by atoms with Crippen LogP contribution in [-0.2, 0) is 14.3 Å². The minimum atomic E-state index is -0.976. The van der Waals surface area contributed by atoms with Crippen LogP contribution in [0.15, 0.2) is 28.7 Å². The van der Waals surface area contributed by atoms with E-state index in [2.05, 4.69) is 15.9 Å². The number of amides is 1. The van der Waals surface area contributed by atoms with Gasteiger partial charge in [-0.1, -0.05) is 22.4 Å². The Hall–Kier alpha value is -1.36. The van der Waals surface area contributed by atoms with E-state index in [-0.39, 0.29) is 5.91 Å². The van der Waals surface area contributed by atoms with E-state index in [0.29, 0.717) is 12.8 Å². The highest BCUT2D eigenvalue weighted by Gasteiger charge is 2.53. The predicted molar refractivity (Wildman–Crippen MR) is 75.9 cm³/mol. The fourth-order valence-corrected chi connectivity index (χ4v) is 2.60. The predicted octanol–water partition coefficient (Wildman–Crippen LogP) is 2.76. The molecule has 1 aliphatic rings. The summed E-state index contributed by atoms with van der Waals surface area (Å²) >= 11 is 3.35. The molecule has 0 spiro atoms. The van der Waals surface area contributed by atoms with Gasteiger partial charge in [0.05, 0.1) is 7.11 Å². The molecule has 1 amide bonds. The van der Waals surface area contributed by atoms with Crippen LogP contribution in [0.5, 0.6) is 0 Å². The lowest BCUT2D eigenvalue weighted by atomic mass is 9.67. The van der Waals surface area contributed by atoms with Crippen LogP contribution in [-0.4, -0.2) is 26.0 Å². The number of nitrogens with zero attached hydrogens (tertiary/aromatic N) is 1. The van der Waals surface area contributed by atoms with Crippen molar-refractivity contribution < 1.29 is 14.3 Å². The van der Waals surface area contributed by atoms with Gasteiger partial charge in [0.15, 0.2) is 0 Å². The highest BCUT2D eigenvalue weighted by Crippen LogP contribution is 2.44. The molecule has 0 aromatic heterocycles. The summed E-state index contributed by atoms with van der Waals surface area (Å²) < 4.78 is 5.74. The van der Waals surface area contributed by atoms with E-state index in [0.717, 1.165) is 16.6 Å². The van der Waals surface area contributed by atoms with Gasteiger partial charge in [-0.15, -0.1) is 0 Å². The van der Waals surface area contributed by atoms with Crippen LogP contribution in [0.1, 0.15) is 19.3 Å². The molecule has 0 unspecified atom stereocenters. The van der Waals surface area contributed by atoms with Crippen molar-refractivity contribution in [2.45, 2.75) is 19.3 Å². The fraction of sp³-hybridized carbons (Fsp3) is 0.429. The first-order chi connectivity index (χ1) is 9.01. The largest absolute Gasteiger partial charge is 0.468 e. The Labute approximate surface area is 120 Å². The zero-order valence-corrected chi connectivity index (χ0v) is 12.6. The number of halogens is 1. The maximum atomic E-state index is 12.5. The van der Waals surface area contributed by atoms with Crippen molar-refractivity contribution in [1.29, 1.82) is 0 Å². The van der Waals surface area contributed by atoms with Gasteiger partial charge < -0.3 is 9.64 Å². The Morgan fingerprint density at radius 3 is 2.26 bits per heavy atom. The third-order valence-corrected chi connectivity index (χ3v) is 4.24. The van der Waals surface area contributed by atoms with E-state index in [1.165, 1.54) is 12.0 Å². The zero-order valence-electron chi connectivity index (χ0n) is 11.0. The van der Waals surface area contributed by atoms with Gasteiger partial charge in [-0.3, -0.25) is 9.59 Å². The normalized spacial score (nSPS) is 16.4. The molecule has 0 bridgehead atoms. The molecule has 0 N–H and O–H groups in total. The van der Waals surface area contributed by atoms with Crippen LogP contribution in [0.2, 0.25) is 0 Å². The second-order valence-electron chi connectivity index (χ2n) is 4.77. The smallest absolute Gasteiger partial charge is 0.321 e. The Morgan fingerprint density at radius 1 is 1.26 bits per heavy atom. The first-order valence-electron chi connectivity index (χ1n) is 6.13. The highest BCUT2D eigenvalue weighted by molar-refractivity contribution is 9.10. The number of methoxy groups -OCH3 is 1. The number of carbonyl (C=O) groups is 2.